The van der Waals surface area contributed by atoms with Gasteiger partial charge in [-0.1, -0.05) is 37.6 Å². The van der Waals surface area contributed by atoms with E-state index < -0.39 is 5.92 Å². The molecule has 0 heterocycles. The molecule has 84 valence electrons. The molecule has 0 radical (unpaired) electrons. The normalized spacial score (nSPS) is 11.7. The van der Waals surface area contributed by atoms with Crippen molar-refractivity contribution in [3.05, 3.63) is 35.4 Å². The number of alkyl halides is 2. The maximum Gasteiger partial charge on any atom is 0.273 e. The zero-order valence-electron chi connectivity index (χ0n) is 8.84. The quantitative estimate of drug-likeness (QED) is 0.725. The molecule has 0 nitrogen and oxygen atoms in total. The third-order valence-corrected chi connectivity index (χ3v) is 2.56. The van der Waals surface area contributed by atoms with Crippen molar-refractivity contribution in [1.29, 1.82) is 0 Å². The molecule has 0 aliphatic heterocycles. The van der Waals surface area contributed by atoms with Crippen LogP contribution in [0, 0.1) is 0 Å². The minimum atomic E-state index is -2.69. The molecular weight excluding hydrogens is 214 g/mol. The number of benzene rings is 1. The van der Waals surface area contributed by atoms with Crippen LogP contribution in [0.5, 0.6) is 0 Å². The van der Waals surface area contributed by atoms with Gasteiger partial charge in [0.1, 0.15) is 0 Å². The average molecular weight is 230 g/mol. The number of rotatable bonds is 5. The first kappa shape index (κ1) is 12.5. The van der Waals surface area contributed by atoms with Crippen LogP contribution in [0.15, 0.2) is 24.3 Å². The Balaban J connectivity index is 2.78. The third-order valence-electron chi connectivity index (χ3n) is 2.34. The van der Waals surface area contributed by atoms with Crippen molar-refractivity contribution in [2.24, 2.45) is 0 Å². The molecule has 0 amide bonds. The Hall–Kier alpha value is -0.570. The van der Waals surface area contributed by atoms with Crippen LogP contribution in [-0.2, 0) is 12.3 Å². The van der Waals surface area contributed by atoms with E-state index in [1.807, 2.05) is 0 Å². The summed E-state index contributed by atoms with van der Waals surface area (Å²) in [6.45, 7) is 1.77. The number of hydrogen-bond donors (Lipinski definition) is 1. The molecule has 0 atom stereocenters. The van der Waals surface area contributed by atoms with Crippen LogP contribution < -0.4 is 0 Å². The summed E-state index contributed by atoms with van der Waals surface area (Å²) >= 11 is 4.10. The van der Waals surface area contributed by atoms with E-state index in [2.05, 4.69) is 12.6 Å². The minimum absolute atomic E-state index is 0.0844. The molecule has 0 saturated heterocycles. The summed E-state index contributed by atoms with van der Waals surface area (Å²) in [7, 11) is 0. The molecule has 1 aromatic carbocycles. The molecule has 0 aliphatic carbocycles. The maximum atomic E-state index is 13.5. The first-order valence-electron chi connectivity index (χ1n) is 5.18. The Morgan fingerprint density at radius 3 is 2.27 bits per heavy atom. The second-order valence-corrected chi connectivity index (χ2v) is 4.07. The maximum absolute atomic E-state index is 13.5. The monoisotopic (exact) mass is 230 g/mol. The molecule has 15 heavy (non-hydrogen) atoms. The van der Waals surface area contributed by atoms with E-state index >= 15 is 0 Å². The second-order valence-electron chi connectivity index (χ2n) is 3.62. The molecule has 1 rings (SSSR count). The van der Waals surface area contributed by atoms with Crippen molar-refractivity contribution < 1.29 is 8.78 Å². The lowest BCUT2D eigenvalue weighted by molar-refractivity contribution is -0.0140. The van der Waals surface area contributed by atoms with Gasteiger partial charge in [-0.05, 0) is 17.7 Å². The number of hydrogen-bond acceptors (Lipinski definition) is 1. The molecular formula is C12H16F2S. The molecule has 0 N–H and O–H groups in total. The van der Waals surface area contributed by atoms with Gasteiger partial charge in [0.2, 0.25) is 0 Å². The first-order chi connectivity index (χ1) is 7.10. The lowest BCUT2D eigenvalue weighted by atomic mass is 10.0. The molecule has 0 aliphatic rings. The predicted molar refractivity (Wildman–Crippen MR) is 62.8 cm³/mol. The summed E-state index contributed by atoms with van der Waals surface area (Å²) in [6.07, 6.45) is 1.23. The zero-order chi connectivity index (χ0) is 11.3. The first-order valence-corrected chi connectivity index (χ1v) is 5.81. The zero-order valence-corrected chi connectivity index (χ0v) is 9.74. The molecule has 3 heteroatoms. The smallest absolute Gasteiger partial charge is 0.201 e. The Labute approximate surface area is 95.1 Å². The molecule has 0 unspecified atom stereocenters. The van der Waals surface area contributed by atoms with E-state index in [1.54, 1.807) is 19.1 Å². The van der Waals surface area contributed by atoms with Gasteiger partial charge >= 0.3 is 0 Å². The van der Waals surface area contributed by atoms with Gasteiger partial charge in [-0.15, -0.1) is 0 Å². The van der Waals surface area contributed by atoms with E-state index in [-0.39, 0.29) is 12.0 Å². The molecule has 0 saturated carbocycles. The highest BCUT2D eigenvalue weighted by molar-refractivity contribution is 7.80. The molecule has 0 spiro atoms. The van der Waals surface area contributed by atoms with E-state index in [0.29, 0.717) is 6.42 Å². The summed E-state index contributed by atoms with van der Waals surface area (Å²) in [5.74, 6) is -1.95. The highest BCUT2D eigenvalue weighted by Gasteiger charge is 2.29. The van der Waals surface area contributed by atoms with Gasteiger partial charge in [-0.3, -0.25) is 0 Å². The number of halogens is 2. The summed E-state index contributed by atoms with van der Waals surface area (Å²) in [5, 5.41) is 0. The van der Waals surface area contributed by atoms with Crippen LogP contribution in [0.2, 0.25) is 0 Å². The van der Waals surface area contributed by atoms with Gasteiger partial charge in [-0.25, -0.2) is 8.78 Å². The standard InChI is InChI=1S/C12H16F2S/c1-2-8-12(13,14)11-5-3-10(4-6-11)7-9-15/h3-6,15H,2,7-9H2,1H3. The van der Waals surface area contributed by atoms with Gasteiger partial charge in [-0.2, -0.15) is 12.6 Å². The van der Waals surface area contributed by atoms with Crippen LogP contribution in [0.1, 0.15) is 30.9 Å². The Morgan fingerprint density at radius 1 is 1.20 bits per heavy atom. The fourth-order valence-electron chi connectivity index (χ4n) is 1.50. The van der Waals surface area contributed by atoms with Gasteiger partial charge in [0.05, 0.1) is 0 Å². The van der Waals surface area contributed by atoms with Crippen molar-refractivity contribution in [1.82, 2.24) is 0 Å². The highest BCUT2D eigenvalue weighted by Crippen LogP contribution is 2.32. The SMILES string of the molecule is CCCC(F)(F)c1ccc(CCS)cc1. The minimum Gasteiger partial charge on any atom is -0.201 e. The Kier molecular flexibility index (Phi) is 4.58. The van der Waals surface area contributed by atoms with Crippen molar-refractivity contribution in [3.8, 4) is 0 Å². The van der Waals surface area contributed by atoms with Gasteiger partial charge in [0, 0.05) is 12.0 Å². The summed E-state index contributed by atoms with van der Waals surface area (Å²) < 4.78 is 26.9. The molecule has 0 aromatic heterocycles. The van der Waals surface area contributed by atoms with E-state index in [4.69, 9.17) is 0 Å². The third kappa shape index (κ3) is 3.49. The Bertz CT molecular complexity index is 293. The number of thiol groups is 1. The molecule has 1 aromatic rings. The Morgan fingerprint density at radius 2 is 1.80 bits per heavy atom. The average Bonchev–Trinajstić information content (AvgIpc) is 2.19. The topological polar surface area (TPSA) is 0 Å². The van der Waals surface area contributed by atoms with Crippen LogP contribution in [0.3, 0.4) is 0 Å². The number of aryl methyl sites for hydroxylation is 1. The highest BCUT2D eigenvalue weighted by atomic mass is 32.1. The molecule has 0 bridgehead atoms. The van der Waals surface area contributed by atoms with Crippen LogP contribution in [0.4, 0.5) is 8.78 Å². The fraction of sp³-hybridized carbons (Fsp3) is 0.500. The van der Waals surface area contributed by atoms with Crippen molar-refractivity contribution in [2.45, 2.75) is 32.1 Å². The van der Waals surface area contributed by atoms with E-state index in [1.165, 1.54) is 12.1 Å². The summed E-state index contributed by atoms with van der Waals surface area (Å²) in [6, 6.07) is 6.56. The van der Waals surface area contributed by atoms with Crippen LogP contribution >= 0.6 is 12.6 Å². The van der Waals surface area contributed by atoms with Crippen molar-refractivity contribution in [3.63, 3.8) is 0 Å². The van der Waals surface area contributed by atoms with Crippen molar-refractivity contribution >= 4 is 12.6 Å². The van der Waals surface area contributed by atoms with Gasteiger partial charge in [0.25, 0.3) is 5.92 Å². The van der Waals surface area contributed by atoms with Crippen LogP contribution in [-0.4, -0.2) is 5.75 Å². The fourth-order valence-corrected chi connectivity index (χ4v) is 1.76. The second kappa shape index (κ2) is 5.50. The van der Waals surface area contributed by atoms with Gasteiger partial charge in [0.15, 0.2) is 0 Å². The largest absolute Gasteiger partial charge is 0.273 e. The molecule has 0 fully saturated rings. The predicted octanol–water partition coefficient (Wildman–Crippen LogP) is 4.05. The lowest BCUT2D eigenvalue weighted by Gasteiger charge is -2.15. The van der Waals surface area contributed by atoms with Crippen LogP contribution in [0.25, 0.3) is 0 Å². The van der Waals surface area contributed by atoms with Gasteiger partial charge < -0.3 is 0 Å². The van der Waals surface area contributed by atoms with E-state index in [9.17, 15) is 8.78 Å². The summed E-state index contributed by atoms with van der Waals surface area (Å²) in [4.78, 5) is 0. The van der Waals surface area contributed by atoms with Crippen molar-refractivity contribution in [2.75, 3.05) is 5.75 Å². The lowest BCUT2D eigenvalue weighted by Crippen LogP contribution is -2.12. The summed E-state index contributed by atoms with van der Waals surface area (Å²) in [5.41, 5.74) is 1.17. The van der Waals surface area contributed by atoms with E-state index in [0.717, 1.165) is 17.7 Å².